The third kappa shape index (κ3) is 5.87. The van der Waals surface area contributed by atoms with Crippen LogP contribution in [0.5, 0.6) is 0 Å². The molecule has 2 saturated heterocycles. The van der Waals surface area contributed by atoms with Crippen LogP contribution in [-0.4, -0.2) is 62.0 Å². The van der Waals surface area contributed by atoms with E-state index >= 15 is 0 Å². The Hall–Kier alpha value is -2.57. The van der Waals surface area contributed by atoms with Crippen molar-refractivity contribution in [2.75, 3.05) is 44.2 Å². The molecule has 7 heteroatoms. The van der Waals surface area contributed by atoms with Gasteiger partial charge in [0.25, 0.3) is 5.91 Å². The fourth-order valence-corrected chi connectivity index (χ4v) is 5.76. The van der Waals surface area contributed by atoms with Crippen molar-refractivity contribution < 1.29 is 9.59 Å². The van der Waals surface area contributed by atoms with Crippen molar-refractivity contribution in [1.29, 1.82) is 0 Å². The maximum absolute atomic E-state index is 13.7. The molecule has 2 aromatic carbocycles. The van der Waals surface area contributed by atoms with Crippen LogP contribution >= 0.6 is 11.6 Å². The molecule has 2 N–H and O–H groups in total. The van der Waals surface area contributed by atoms with E-state index in [1.54, 1.807) is 0 Å². The summed E-state index contributed by atoms with van der Waals surface area (Å²) in [6.07, 6.45) is 0.880. The van der Waals surface area contributed by atoms with Crippen LogP contribution in [0.4, 0.5) is 5.69 Å². The Kier molecular flexibility index (Phi) is 8.26. The largest absolute Gasteiger partial charge is 0.368 e. The SMILES string of the molecule is CC(C)[C@@H](NC(=O)c1ccccc1N1CCNCC1)C(=O)N1CCC(c2ccc(Cl)cc2)C(C)(C)C1. The highest BCUT2D eigenvalue weighted by atomic mass is 35.5. The zero-order chi connectivity index (χ0) is 25.9. The van der Waals surface area contributed by atoms with E-state index in [0.717, 1.165) is 43.3 Å². The van der Waals surface area contributed by atoms with Gasteiger partial charge < -0.3 is 20.4 Å². The van der Waals surface area contributed by atoms with Gasteiger partial charge in [-0.3, -0.25) is 9.59 Å². The quantitative estimate of drug-likeness (QED) is 0.598. The zero-order valence-electron chi connectivity index (χ0n) is 21.9. The molecule has 0 bridgehead atoms. The zero-order valence-corrected chi connectivity index (χ0v) is 22.6. The molecule has 0 radical (unpaired) electrons. The Morgan fingerprint density at radius 3 is 2.33 bits per heavy atom. The first-order chi connectivity index (χ1) is 17.2. The highest BCUT2D eigenvalue weighted by Crippen LogP contribution is 2.42. The van der Waals surface area contributed by atoms with Gasteiger partial charge in [0.15, 0.2) is 0 Å². The molecule has 2 atom stereocenters. The van der Waals surface area contributed by atoms with E-state index in [-0.39, 0.29) is 23.1 Å². The van der Waals surface area contributed by atoms with Crippen molar-refractivity contribution in [2.24, 2.45) is 11.3 Å². The van der Waals surface area contributed by atoms with Gasteiger partial charge >= 0.3 is 0 Å². The third-order valence-electron chi connectivity index (χ3n) is 7.64. The van der Waals surface area contributed by atoms with Gasteiger partial charge in [-0.2, -0.15) is 0 Å². The van der Waals surface area contributed by atoms with Crippen LogP contribution in [-0.2, 0) is 4.79 Å². The number of nitrogens with one attached hydrogen (secondary N) is 2. The van der Waals surface area contributed by atoms with E-state index in [0.29, 0.717) is 24.6 Å². The molecule has 0 aliphatic carbocycles. The van der Waals surface area contributed by atoms with Crippen LogP contribution in [0.3, 0.4) is 0 Å². The minimum atomic E-state index is -0.573. The fraction of sp³-hybridized carbons (Fsp3) is 0.517. The van der Waals surface area contributed by atoms with E-state index in [2.05, 4.69) is 41.5 Å². The molecular formula is C29H39ClN4O2. The van der Waals surface area contributed by atoms with Gasteiger partial charge in [-0.05, 0) is 53.5 Å². The van der Waals surface area contributed by atoms with E-state index in [4.69, 9.17) is 11.6 Å². The number of hydrogen-bond donors (Lipinski definition) is 2. The molecule has 6 nitrogen and oxygen atoms in total. The number of nitrogens with zero attached hydrogens (tertiary/aromatic N) is 2. The molecule has 1 unspecified atom stereocenters. The Morgan fingerprint density at radius 2 is 1.69 bits per heavy atom. The van der Waals surface area contributed by atoms with Crippen LogP contribution in [0.2, 0.25) is 5.02 Å². The van der Waals surface area contributed by atoms with Gasteiger partial charge in [0.2, 0.25) is 5.91 Å². The van der Waals surface area contributed by atoms with Crippen LogP contribution in [0.25, 0.3) is 0 Å². The lowest BCUT2D eigenvalue weighted by Gasteiger charge is -2.45. The molecule has 36 heavy (non-hydrogen) atoms. The Labute approximate surface area is 220 Å². The number of likely N-dealkylation sites (tertiary alicyclic amines) is 1. The lowest BCUT2D eigenvalue weighted by atomic mass is 9.70. The Morgan fingerprint density at radius 1 is 1.03 bits per heavy atom. The van der Waals surface area contributed by atoms with Gasteiger partial charge in [-0.15, -0.1) is 0 Å². The molecular weight excluding hydrogens is 472 g/mol. The van der Waals surface area contributed by atoms with Gasteiger partial charge in [0.05, 0.1) is 5.56 Å². The normalized spacial score (nSPS) is 20.8. The number of rotatable bonds is 6. The van der Waals surface area contributed by atoms with Gasteiger partial charge in [0, 0.05) is 50.0 Å². The second-order valence-electron chi connectivity index (χ2n) is 11.1. The number of para-hydroxylation sites is 1. The third-order valence-corrected chi connectivity index (χ3v) is 7.89. The summed E-state index contributed by atoms with van der Waals surface area (Å²) in [7, 11) is 0. The molecule has 4 rings (SSSR count). The van der Waals surface area contributed by atoms with Crippen molar-refractivity contribution in [3.8, 4) is 0 Å². The predicted molar refractivity (Wildman–Crippen MR) is 147 cm³/mol. The number of anilines is 1. The average molecular weight is 511 g/mol. The molecule has 2 aliphatic rings. The highest BCUT2D eigenvalue weighted by Gasteiger charge is 2.40. The number of piperidine rings is 1. The number of carbonyl (C=O) groups excluding carboxylic acids is 2. The van der Waals surface area contributed by atoms with Crippen LogP contribution in [0, 0.1) is 11.3 Å². The Bertz CT molecular complexity index is 1060. The number of benzene rings is 2. The number of carbonyl (C=O) groups is 2. The first kappa shape index (κ1) is 26.5. The van der Waals surface area contributed by atoms with Crippen LogP contribution < -0.4 is 15.5 Å². The topological polar surface area (TPSA) is 64.7 Å². The van der Waals surface area contributed by atoms with E-state index in [1.807, 2.05) is 55.1 Å². The summed E-state index contributed by atoms with van der Waals surface area (Å²) < 4.78 is 0. The number of amides is 2. The number of hydrogen-bond acceptors (Lipinski definition) is 4. The van der Waals surface area contributed by atoms with Crippen molar-refractivity contribution in [3.05, 3.63) is 64.7 Å². The monoisotopic (exact) mass is 510 g/mol. The van der Waals surface area contributed by atoms with Crippen LogP contribution in [0.1, 0.15) is 56.0 Å². The molecule has 2 heterocycles. The van der Waals surface area contributed by atoms with Gasteiger partial charge in [-0.1, -0.05) is 63.6 Å². The van der Waals surface area contributed by atoms with Crippen molar-refractivity contribution in [1.82, 2.24) is 15.5 Å². The van der Waals surface area contributed by atoms with Crippen molar-refractivity contribution in [2.45, 2.75) is 46.1 Å². The molecule has 2 aliphatic heterocycles. The molecule has 2 amide bonds. The molecule has 0 spiro atoms. The lowest BCUT2D eigenvalue weighted by Crippen LogP contribution is -2.56. The molecule has 0 saturated carbocycles. The molecule has 194 valence electrons. The molecule has 2 aromatic rings. The lowest BCUT2D eigenvalue weighted by molar-refractivity contribution is -0.137. The maximum atomic E-state index is 13.7. The predicted octanol–water partition coefficient (Wildman–Crippen LogP) is 4.55. The first-order valence-electron chi connectivity index (χ1n) is 13.1. The number of halogens is 1. The summed E-state index contributed by atoms with van der Waals surface area (Å²) >= 11 is 6.10. The van der Waals surface area contributed by atoms with Crippen LogP contribution in [0.15, 0.2) is 48.5 Å². The smallest absolute Gasteiger partial charge is 0.254 e. The fourth-order valence-electron chi connectivity index (χ4n) is 5.63. The minimum Gasteiger partial charge on any atom is -0.368 e. The summed E-state index contributed by atoms with van der Waals surface area (Å²) in [5, 5.41) is 7.19. The Balaban J connectivity index is 1.48. The van der Waals surface area contributed by atoms with Crippen molar-refractivity contribution in [3.63, 3.8) is 0 Å². The second kappa shape index (κ2) is 11.2. The van der Waals surface area contributed by atoms with Gasteiger partial charge in [-0.25, -0.2) is 0 Å². The molecule has 0 aromatic heterocycles. The summed E-state index contributed by atoms with van der Waals surface area (Å²) in [4.78, 5) is 31.4. The summed E-state index contributed by atoms with van der Waals surface area (Å²) in [5.74, 6) is 0.133. The maximum Gasteiger partial charge on any atom is 0.254 e. The highest BCUT2D eigenvalue weighted by molar-refractivity contribution is 6.30. The minimum absolute atomic E-state index is 0.000588. The summed E-state index contributed by atoms with van der Waals surface area (Å²) in [5.41, 5.74) is 2.72. The van der Waals surface area contributed by atoms with E-state index in [9.17, 15) is 9.59 Å². The molecule has 2 fully saturated rings. The van der Waals surface area contributed by atoms with Crippen molar-refractivity contribution >= 4 is 29.1 Å². The van der Waals surface area contributed by atoms with E-state index in [1.165, 1.54) is 5.56 Å². The second-order valence-corrected chi connectivity index (χ2v) is 11.5. The first-order valence-corrected chi connectivity index (χ1v) is 13.4. The van der Waals surface area contributed by atoms with Gasteiger partial charge in [0.1, 0.15) is 6.04 Å². The summed E-state index contributed by atoms with van der Waals surface area (Å²) in [6, 6.07) is 15.2. The average Bonchev–Trinajstić information content (AvgIpc) is 2.87. The summed E-state index contributed by atoms with van der Waals surface area (Å²) in [6.45, 7) is 13.3. The number of piperazine rings is 1. The van der Waals surface area contributed by atoms with E-state index < -0.39 is 6.04 Å². The standard InChI is InChI=1S/C29H39ClN4O2/c1-20(2)26(32-27(35)23-7-5-6-8-25(23)33-17-14-31-15-18-33)28(36)34-16-13-24(29(3,4)19-34)21-9-11-22(30)12-10-21/h5-12,20,24,26,31H,13-19H2,1-4H3,(H,32,35)/t24?,26-/m1/s1.